The van der Waals surface area contributed by atoms with Crippen molar-refractivity contribution in [3.8, 4) is 23.0 Å². The molecule has 1 heterocycles. The second kappa shape index (κ2) is 10.0. The predicted octanol–water partition coefficient (Wildman–Crippen LogP) is 4.01. The minimum absolute atomic E-state index is 0.0675. The molecule has 0 radical (unpaired) electrons. The first-order valence-corrected chi connectivity index (χ1v) is 11.2. The smallest absolute Gasteiger partial charge is 0.226 e. The van der Waals surface area contributed by atoms with Gasteiger partial charge in [0.25, 0.3) is 0 Å². The molecule has 178 valence electrons. The minimum Gasteiger partial charge on any atom is -0.493 e. The van der Waals surface area contributed by atoms with Gasteiger partial charge >= 0.3 is 0 Å². The fraction of sp³-hybridized carbons (Fsp3) is 0.333. The van der Waals surface area contributed by atoms with Gasteiger partial charge in [0, 0.05) is 30.2 Å². The number of likely N-dealkylation sites (tertiary alicyclic amines) is 1. The Hall–Kier alpha value is -3.74. The fourth-order valence-corrected chi connectivity index (χ4v) is 4.07. The number of rotatable bonds is 7. The van der Waals surface area contributed by atoms with Gasteiger partial charge in [0.2, 0.25) is 5.91 Å². The molecular formula is C27H29NO6. The van der Waals surface area contributed by atoms with E-state index in [4.69, 9.17) is 18.9 Å². The lowest BCUT2D eigenvalue weighted by Crippen LogP contribution is -2.42. The lowest BCUT2D eigenvalue weighted by atomic mass is 9.93. The number of hydrogen-bond donors (Lipinski definition) is 0. The summed E-state index contributed by atoms with van der Waals surface area (Å²) in [5.41, 5.74) is 2.71. The highest BCUT2D eigenvalue weighted by molar-refractivity contribution is 6.15. The lowest BCUT2D eigenvalue weighted by molar-refractivity contribution is -0.132. The van der Waals surface area contributed by atoms with Crippen LogP contribution in [-0.2, 0) is 9.59 Å². The van der Waals surface area contributed by atoms with E-state index in [1.54, 1.807) is 45.5 Å². The number of amides is 1. The Balaban J connectivity index is 1.71. The van der Waals surface area contributed by atoms with Crippen LogP contribution in [0.3, 0.4) is 0 Å². The van der Waals surface area contributed by atoms with Gasteiger partial charge in [-0.1, -0.05) is 12.1 Å². The molecule has 7 heteroatoms. The lowest BCUT2D eigenvalue weighted by Gasteiger charge is -2.30. The average Bonchev–Trinajstić information content (AvgIpc) is 3.71. The van der Waals surface area contributed by atoms with Gasteiger partial charge in [-0.2, -0.15) is 0 Å². The first kappa shape index (κ1) is 23.4. The van der Waals surface area contributed by atoms with Crippen LogP contribution in [0.4, 0.5) is 0 Å². The number of Topliss-reactive ketones (excluding diaryl/α,β-unsaturated/α-hetero) is 1. The van der Waals surface area contributed by atoms with Gasteiger partial charge in [-0.05, 0) is 60.4 Å². The topological polar surface area (TPSA) is 74.3 Å². The zero-order valence-electron chi connectivity index (χ0n) is 19.9. The second-order valence-electron chi connectivity index (χ2n) is 8.37. The maximum atomic E-state index is 13.5. The summed E-state index contributed by atoms with van der Waals surface area (Å²) in [6, 6.07) is 11.0. The van der Waals surface area contributed by atoms with Gasteiger partial charge in [-0.3, -0.25) is 9.59 Å². The number of carbonyl (C=O) groups is 2. The first-order valence-electron chi connectivity index (χ1n) is 11.2. The SMILES string of the molecule is COc1ccc(C=C2CN(C(=O)C3CC3)CC(=Cc3ccc(OC)c(OC)c3)C2=O)cc1OC. The Morgan fingerprint density at radius 2 is 1.21 bits per heavy atom. The van der Waals surface area contributed by atoms with Gasteiger partial charge in [-0.25, -0.2) is 0 Å². The summed E-state index contributed by atoms with van der Waals surface area (Å²) >= 11 is 0. The largest absolute Gasteiger partial charge is 0.493 e. The Morgan fingerprint density at radius 1 is 0.765 bits per heavy atom. The summed E-state index contributed by atoms with van der Waals surface area (Å²) < 4.78 is 21.4. The third-order valence-corrected chi connectivity index (χ3v) is 6.04. The van der Waals surface area contributed by atoms with Gasteiger partial charge in [-0.15, -0.1) is 0 Å². The van der Waals surface area contributed by atoms with Crippen molar-refractivity contribution in [1.29, 1.82) is 0 Å². The number of benzene rings is 2. The van der Waals surface area contributed by atoms with E-state index in [9.17, 15) is 9.59 Å². The van der Waals surface area contributed by atoms with Crippen LogP contribution in [0.25, 0.3) is 12.2 Å². The zero-order valence-corrected chi connectivity index (χ0v) is 19.9. The molecule has 0 bridgehead atoms. The molecule has 7 nitrogen and oxygen atoms in total. The van der Waals surface area contributed by atoms with E-state index in [-0.39, 0.29) is 30.7 Å². The van der Waals surface area contributed by atoms with Crippen LogP contribution in [0.1, 0.15) is 24.0 Å². The highest BCUT2D eigenvalue weighted by Crippen LogP contribution is 2.35. The molecular weight excluding hydrogens is 434 g/mol. The van der Waals surface area contributed by atoms with Crippen LogP contribution in [0, 0.1) is 5.92 Å². The Labute approximate surface area is 199 Å². The van der Waals surface area contributed by atoms with Crippen molar-refractivity contribution in [2.45, 2.75) is 12.8 Å². The summed E-state index contributed by atoms with van der Waals surface area (Å²) in [5, 5.41) is 0. The molecule has 1 aliphatic heterocycles. The number of methoxy groups -OCH3 is 4. The molecule has 1 aliphatic carbocycles. The van der Waals surface area contributed by atoms with E-state index in [1.165, 1.54) is 0 Å². The van der Waals surface area contributed by atoms with Gasteiger partial charge in [0.15, 0.2) is 28.8 Å². The van der Waals surface area contributed by atoms with Crippen LogP contribution in [-0.4, -0.2) is 58.1 Å². The highest BCUT2D eigenvalue weighted by atomic mass is 16.5. The van der Waals surface area contributed by atoms with Crippen molar-refractivity contribution in [2.24, 2.45) is 5.92 Å². The van der Waals surface area contributed by atoms with E-state index in [2.05, 4.69) is 0 Å². The fourth-order valence-electron chi connectivity index (χ4n) is 4.07. The summed E-state index contributed by atoms with van der Waals surface area (Å²) in [4.78, 5) is 28.2. The van der Waals surface area contributed by atoms with Crippen molar-refractivity contribution in [3.63, 3.8) is 0 Å². The van der Waals surface area contributed by atoms with Crippen molar-refractivity contribution < 1.29 is 28.5 Å². The van der Waals surface area contributed by atoms with Gasteiger partial charge in [0.05, 0.1) is 28.4 Å². The number of piperidine rings is 1. The van der Waals surface area contributed by atoms with Crippen molar-refractivity contribution in [3.05, 3.63) is 58.7 Å². The van der Waals surface area contributed by atoms with Crippen LogP contribution >= 0.6 is 0 Å². The van der Waals surface area contributed by atoms with Crippen LogP contribution < -0.4 is 18.9 Å². The molecule has 4 rings (SSSR count). The first-order chi connectivity index (χ1) is 16.5. The molecule has 1 amide bonds. The second-order valence-corrected chi connectivity index (χ2v) is 8.37. The maximum absolute atomic E-state index is 13.5. The average molecular weight is 464 g/mol. The highest BCUT2D eigenvalue weighted by Gasteiger charge is 2.37. The molecule has 1 saturated heterocycles. The number of hydrogen-bond acceptors (Lipinski definition) is 6. The Morgan fingerprint density at radius 3 is 1.59 bits per heavy atom. The minimum atomic E-state index is -0.0792. The molecule has 0 aromatic heterocycles. The quantitative estimate of drug-likeness (QED) is 0.578. The molecule has 0 N–H and O–H groups in total. The summed E-state index contributed by atoms with van der Waals surface area (Å²) in [7, 11) is 6.29. The number of ether oxygens (including phenoxy) is 4. The Bertz CT molecular complexity index is 1080. The summed E-state index contributed by atoms with van der Waals surface area (Å²) in [6.45, 7) is 0.567. The van der Waals surface area contributed by atoms with Crippen molar-refractivity contribution >= 4 is 23.8 Å². The van der Waals surface area contributed by atoms with E-state index >= 15 is 0 Å². The molecule has 2 aliphatic rings. The van der Waals surface area contributed by atoms with E-state index in [0.29, 0.717) is 34.1 Å². The molecule has 1 saturated carbocycles. The number of ketones is 1. The van der Waals surface area contributed by atoms with Crippen molar-refractivity contribution in [1.82, 2.24) is 4.90 Å². The zero-order chi connectivity index (χ0) is 24.2. The molecule has 34 heavy (non-hydrogen) atoms. The number of nitrogens with zero attached hydrogens (tertiary/aromatic N) is 1. The molecule has 0 unspecified atom stereocenters. The van der Waals surface area contributed by atoms with Crippen LogP contribution in [0.2, 0.25) is 0 Å². The molecule has 2 fully saturated rings. The summed E-state index contributed by atoms with van der Waals surface area (Å²) in [6.07, 6.45) is 5.46. The van der Waals surface area contributed by atoms with Gasteiger partial charge in [0.1, 0.15) is 0 Å². The van der Waals surface area contributed by atoms with E-state index in [0.717, 1.165) is 24.0 Å². The maximum Gasteiger partial charge on any atom is 0.226 e. The summed E-state index contributed by atoms with van der Waals surface area (Å²) in [5.74, 6) is 2.46. The molecule has 2 aromatic rings. The van der Waals surface area contributed by atoms with Crippen LogP contribution in [0.15, 0.2) is 47.5 Å². The third kappa shape index (κ3) is 4.93. The van der Waals surface area contributed by atoms with Gasteiger partial charge < -0.3 is 23.8 Å². The third-order valence-electron chi connectivity index (χ3n) is 6.04. The van der Waals surface area contributed by atoms with Crippen LogP contribution in [0.5, 0.6) is 23.0 Å². The Kier molecular flexibility index (Phi) is 6.91. The van der Waals surface area contributed by atoms with E-state index in [1.807, 2.05) is 36.4 Å². The predicted molar refractivity (Wildman–Crippen MR) is 129 cm³/mol. The van der Waals surface area contributed by atoms with Crippen molar-refractivity contribution in [2.75, 3.05) is 41.5 Å². The monoisotopic (exact) mass is 463 g/mol. The number of carbonyl (C=O) groups excluding carboxylic acids is 2. The van der Waals surface area contributed by atoms with E-state index < -0.39 is 0 Å². The normalized spacial score (nSPS) is 18.2. The standard InChI is InChI=1S/C27H29NO6/c1-31-22-9-5-17(13-24(22)33-3)11-20-15-28(27(30)19-7-8-19)16-21(26(20)29)12-18-6-10-23(32-2)25(14-18)34-4/h5-6,9-14,19H,7-8,15-16H2,1-4H3. The molecule has 2 aromatic carbocycles. The molecule has 0 atom stereocenters. The molecule has 0 spiro atoms.